The summed E-state index contributed by atoms with van der Waals surface area (Å²) < 4.78 is 27.8. The van der Waals surface area contributed by atoms with Crippen LogP contribution in [0.2, 0.25) is 0 Å². The Morgan fingerprint density at radius 1 is 1.56 bits per heavy atom. The molecule has 18 heavy (non-hydrogen) atoms. The molecule has 0 aromatic carbocycles. The normalized spacial score (nSPS) is 17.7. The number of sulfone groups is 1. The van der Waals surface area contributed by atoms with E-state index in [4.69, 9.17) is 5.73 Å². The first-order valence-corrected chi connectivity index (χ1v) is 8.60. The molecule has 1 unspecified atom stereocenters. The molecule has 0 amide bonds. The first kappa shape index (κ1) is 13.6. The van der Waals surface area contributed by atoms with Crippen molar-refractivity contribution in [1.82, 2.24) is 4.37 Å². The second kappa shape index (κ2) is 5.05. The largest absolute Gasteiger partial charge is 0.382 e. The smallest absolute Gasteiger partial charge is 0.184 e. The zero-order chi connectivity index (χ0) is 13.3. The molecule has 1 saturated carbocycles. The number of rotatable bonds is 6. The van der Waals surface area contributed by atoms with Gasteiger partial charge in [0.2, 0.25) is 0 Å². The van der Waals surface area contributed by atoms with E-state index in [1.54, 1.807) is 6.92 Å². The van der Waals surface area contributed by atoms with E-state index in [1.165, 1.54) is 12.8 Å². The molecule has 0 saturated heterocycles. The summed E-state index contributed by atoms with van der Waals surface area (Å²) in [6.07, 6.45) is 2.57. The maximum atomic E-state index is 11.9. The van der Waals surface area contributed by atoms with Crippen molar-refractivity contribution in [3.63, 3.8) is 0 Å². The lowest BCUT2D eigenvalue weighted by Gasteiger charge is -2.12. The predicted molar refractivity (Wildman–Crippen MR) is 74.6 cm³/mol. The minimum Gasteiger partial charge on any atom is -0.382 e. The van der Waals surface area contributed by atoms with Crippen molar-refractivity contribution < 1.29 is 8.42 Å². The second-order valence-electron chi connectivity index (χ2n) is 4.83. The van der Waals surface area contributed by atoms with Crippen LogP contribution in [0.4, 0.5) is 10.8 Å². The van der Waals surface area contributed by atoms with Crippen LogP contribution < -0.4 is 11.1 Å². The number of nitrogen functional groups attached to an aromatic ring is 1. The molecule has 1 fully saturated rings. The Hall–Kier alpha value is -0.820. The third kappa shape index (κ3) is 2.77. The van der Waals surface area contributed by atoms with Crippen LogP contribution in [-0.4, -0.2) is 25.1 Å². The molecule has 0 bridgehead atoms. The van der Waals surface area contributed by atoms with Crippen LogP contribution >= 0.6 is 11.5 Å². The predicted octanol–water partition coefficient (Wildman–Crippen LogP) is 1.98. The van der Waals surface area contributed by atoms with Gasteiger partial charge in [-0.05, 0) is 36.2 Å². The van der Waals surface area contributed by atoms with Gasteiger partial charge < -0.3 is 11.1 Å². The van der Waals surface area contributed by atoms with E-state index in [1.807, 2.05) is 0 Å². The topological polar surface area (TPSA) is 85.1 Å². The molecule has 0 aliphatic heterocycles. The highest BCUT2D eigenvalue weighted by atomic mass is 32.2. The Morgan fingerprint density at radius 3 is 2.78 bits per heavy atom. The van der Waals surface area contributed by atoms with E-state index in [-0.39, 0.29) is 16.5 Å². The van der Waals surface area contributed by atoms with Crippen LogP contribution in [0, 0.1) is 11.8 Å². The van der Waals surface area contributed by atoms with Crippen LogP contribution in [0.5, 0.6) is 0 Å². The molecule has 7 heteroatoms. The van der Waals surface area contributed by atoms with Gasteiger partial charge in [-0.25, -0.2) is 8.42 Å². The first-order valence-electron chi connectivity index (χ1n) is 6.17. The summed E-state index contributed by atoms with van der Waals surface area (Å²) in [6, 6.07) is 0. The monoisotopic (exact) mass is 289 g/mol. The summed E-state index contributed by atoms with van der Waals surface area (Å²) in [5.41, 5.74) is 5.66. The van der Waals surface area contributed by atoms with Crippen molar-refractivity contribution in [3.8, 4) is 0 Å². The Morgan fingerprint density at radius 2 is 2.22 bits per heavy atom. The third-order valence-electron chi connectivity index (χ3n) is 3.38. The highest BCUT2D eigenvalue weighted by Gasteiger charge is 2.29. The van der Waals surface area contributed by atoms with Gasteiger partial charge in [-0.3, -0.25) is 0 Å². The zero-order valence-corrected chi connectivity index (χ0v) is 12.3. The van der Waals surface area contributed by atoms with Crippen molar-refractivity contribution in [2.45, 2.75) is 31.6 Å². The van der Waals surface area contributed by atoms with E-state index >= 15 is 0 Å². The molecule has 1 aromatic rings. The van der Waals surface area contributed by atoms with E-state index in [0.29, 0.717) is 10.9 Å². The van der Waals surface area contributed by atoms with Gasteiger partial charge in [0.15, 0.2) is 15.7 Å². The van der Waals surface area contributed by atoms with Crippen LogP contribution in [0.15, 0.2) is 4.90 Å². The third-order valence-corrected chi connectivity index (χ3v) is 6.12. The highest BCUT2D eigenvalue weighted by Crippen LogP contribution is 2.38. The number of nitrogens with two attached hydrogens (primary N) is 1. The van der Waals surface area contributed by atoms with E-state index < -0.39 is 9.84 Å². The van der Waals surface area contributed by atoms with Crippen molar-refractivity contribution in [2.24, 2.45) is 11.8 Å². The molecule has 2 rings (SSSR count). The lowest BCUT2D eigenvalue weighted by Crippen LogP contribution is -2.15. The Labute approximate surface area is 112 Å². The van der Waals surface area contributed by atoms with Gasteiger partial charge in [0.05, 0.1) is 5.75 Å². The Kier molecular flexibility index (Phi) is 3.82. The molecular formula is C11H19N3O2S2. The van der Waals surface area contributed by atoms with Gasteiger partial charge in [0.1, 0.15) is 9.90 Å². The van der Waals surface area contributed by atoms with Crippen molar-refractivity contribution in [3.05, 3.63) is 0 Å². The fourth-order valence-corrected chi connectivity index (χ4v) is 4.11. The Balaban J connectivity index is 2.13. The number of nitrogens with one attached hydrogen (secondary N) is 1. The molecule has 102 valence electrons. The minimum absolute atomic E-state index is 0.0441. The zero-order valence-electron chi connectivity index (χ0n) is 10.6. The van der Waals surface area contributed by atoms with Gasteiger partial charge in [-0.15, -0.1) is 0 Å². The van der Waals surface area contributed by atoms with E-state index in [9.17, 15) is 8.42 Å². The fraction of sp³-hybridized carbons (Fsp3) is 0.727. The standard InChI is InChI=1S/C11H19N3O2S2/c1-3-18(15,16)9-10(12)14-17-11(9)13-6-7(2)8-4-5-8/h7-8,13H,3-6H2,1-2H3,(H2,12,14). The van der Waals surface area contributed by atoms with Crippen LogP contribution in [-0.2, 0) is 9.84 Å². The summed E-state index contributed by atoms with van der Waals surface area (Å²) in [5, 5.41) is 3.78. The summed E-state index contributed by atoms with van der Waals surface area (Å²) >= 11 is 1.13. The number of hydrogen-bond donors (Lipinski definition) is 2. The van der Waals surface area contributed by atoms with Crippen molar-refractivity contribution >= 4 is 32.2 Å². The molecule has 3 N–H and O–H groups in total. The van der Waals surface area contributed by atoms with Crippen LogP contribution in [0.3, 0.4) is 0 Å². The Bertz CT molecular complexity index is 520. The molecule has 1 aromatic heterocycles. The number of nitrogens with zero attached hydrogens (tertiary/aromatic N) is 1. The van der Waals surface area contributed by atoms with Gasteiger partial charge in [0.25, 0.3) is 0 Å². The average molecular weight is 289 g/mol. The van der Waals surface area contributed by atoms with Crippen molar-refractivity contribution in [2.75, 3.05) is 23.3 Å². The number of anilines is 2. The minimum atomic E-state index is -3.31. The molecule has 0 spiro atoms. The van der Waals surface area contributed by atoms with Crippen molar-refractivity contribution in [1.29, 1.82) is 0 Å². The van der Waals surface area contributed by atoms with Crippen LogP contribution in [0.25, 0.3) is 0 Å². The van der Waals surface area contributed by atoms with Gasteiger partial charge >= 0.3 is 0 Å². The molecule has 1 aliphatic rings. The quantitative estimate of drug-likeness (QED) is 0.836. The van der Waals surface area contributed by atoms with E-state index in [2.05, 4.69) is 16.6 Å². The van der Waals surface area contributed by atoms with Gasteiger partial charge in [-0.2, -0.15) is 4.37 Å². The van der Waals surface area contributed by atoms with Gasteiger partial charge in [-0.1, -0.05) is 13.8 Å². The molecule has 0 radical (unpaired) electrons. The average Bonchev–Trinajstić information content (AvgIpc) is 3.10. The summed E-state index contributed by atoms with van der Waals surface area (Å²) in [7, 11) is -3.31. The summed E-state index contributed by atoms with van der Waals surface area (Å²) in [4.78, 5) is 0.179. The molecule has 1 atom stereocenters. The lowest BCUT2D eigenvalue weighted by molar-refractivity contribution is 0.536. The van der Waals surface area contributed by atoms with Crippen LogP contribution in [0.1, 0.15) is 26.7 Å². The molecule has 1 heterocycles. The molecule has 1 aliphatic carbocycles. The first-order chi connectivity index (χ1) is 8.45. The maximum absolute atomic E-state index is 11.9. The summed E-state index contributed by atoms with van der Waals surface area (Å²) in [6.45, 7) is 4.57. The number of aromatic nitrogens is 1. The summed E-state index contributed by atoms with van der Waals surface area (Å²) in [5.74, 6) is 1.51. The number of hydrogen-bond acceptors (Lipinski definition) is 6. The van der Waals surface area contributed by atoms with Gasteiger partial charge in [0, 0.05) is 6.54 Å². The fourth-order valence-electron chi connectivity index (χ4n) is 1.94. The maximum Gasteiger partial charge on any atom is 0.184 e. The molecular weight excluding hydrogens is 270 g/mol. The SMILES string of the molecule is CCS(=O)(=O)c1c(N)nsc1NCC(C)C1CC1. The van der Waals surface area contributed by atoms with E-state index in [0.717, 1.165) is 24.0 Å². The molecule has 5 nitrogen and oxygen atoms in total. The lowest BCUT2D eigenvalue weighted by atomic mass is 10.1. The second-order valence-corrected chi connectivity index (χ2v) is 7.81. The highest BCUT2D eigenvalue weighted by molar-refractivity contribution is 7.91.